The van der Waals surface area contributed by atoms with Gasteiger partial charge in [0.15, 0.2) is 18.4 Å². The van der Waals surface area contributed by atoms with Crippen LogP contribution in [0.25, 0.3) is 0 Å². The maximum atomic E-state index is 13.1. The summed E-state index contributed by atoms with van der Waals surface area (Å²) < 4.78 is 24.1. The zero-order chi connectivity index (χ0) is 29.6. The van der Waals surface area contributed by atoms with Gasteiger partial charge in [-0.2, -0.15) is 0 Å². The molecule has 4 aromatic rings. The van der Waals surface area contributed by atoms with Gasteiger partial charge in [-0.25, -0.2) is 19.2 Å². The van der Waals surface area contributed by atoms with Crippen molar-refractivity contribution in [2.45, 2.75) is 24.5 Å². The number of hydrogen-bond donors (Lipinski definition) is 1. The number of H-pyrrole nitrogens is 1. The van der Waals surface area contributed by atoms with E-state index >= 15 is 0 Å². The Morgan fingerprint density at radius 1 is 0.762 bits per heavy atom. The van der Waals surface area contributed by atoms with Crippen molar-refractivity contribution in [2.75, 3.05) is 6.61 Å². The SMILES string of the molecule is O=C(OC[C@H]1O[C@@H](n2ccc(=O)[nH]c2=O)C(OC(=O)c2ccccc2)C1OC(=O)c1ccccc1)c1cccc(Cl)c1. The summed E-state index contributed by atoms with van der Waals surface area (Å²) in [4.78, 5) is 65.7. The summed E-state index contributed by atoms with van der Waals surface area (Å²) in [6.45, 7) is -0.452. The normalized spacial score (nSPS) is 19.5. The molecule has 2 heterocycles. The van der Waals surface area contributed by atoms with E-state index < -0.39 is 60.3 Å². The average Bonchev–Trinajstić information content (AvgIpc) is 3.32. The Morgan fingerprint density at radius 3 is 1.95 bits per heavy atom. The Bertz CT molecular complexity index is 1710. The zero-order valence-electron chi connectivity index (χ0n) is 21.8. The minimum atomic E-state index is -1.40. The highest BCUT2D eigenvalue weighted by molar-refractivity contribution is 6.30. The summed E-state index contributed by atoms with van der Waals surface area (Å²) in [7, 11) is 0. The number of rotatable bonds is 8. The molecule has 1 fully saturated rings. The lowest BCUT2D eigenvalue weighted by atomic mass is 10.1. The maximum Gasteiger partial charge on any atom is 0.338 e. The lowest BCUT2D eigenvalue weighted by Gasteiger charge is -2.25. The minimum absolute atomic E-state index is 0.166. The fourth-order valence-corrected chi connectivity index (χ4v) is 4.54. The number of nitrogens with zero attached hydrogens (tertiary/aromatic N) is 1. The highest BCUT2D eigenvalue weighted by Gasteiger charge is 2.51. The molecule has 2 unspecified atom stereocenters. The molecule has 3 aromatic carbocycles. The number of aromatic nitrogens is 2. The lowest BCUT2D eigenvalue weighted by Crippen LogP contribution is -2.43. The molecule has 11 nitrogen and oxygen atoms in total. The predicted octanol–water partition coefficient (Wildman–Crippen LogP) is 3.40. The summed E-state index contributed by atoms with van der Waals surface area (Å²) in [5.74, 6) is -2.30. The Balaban J connectivity index is 1.50. The topological polar surface area (TPSA) is 143 Å². The summed E-state index contributed by atoms with van der Waals surface area (Å²) >= 11 is 5.99. The van der Waals surface area contributed by atoms with Crippen molar-refractivity contribution in [1.82, 2.24) is 9.55 Å². The maximum absolute atomic E-state index is 13.1. The molecule has 1 aromatic heterocycles. The van der Waals surface area contributed by atoms with E-state index in [-0.39, 0.29) is 16.7 Å². The largest absolute Gasteiger partial charge is 0.459 e. The van der Waals surface area contributed by atoms with Crippen LogP contribution in [0.1, 0.15) is 37.3 Å². The Kier molecular flexibility index (Phi) is 8.60. The Labute approximate surface area is 243 Å². The second-order valence-electron chi connectivity index (χ2n) is 9.16. The Morgan fingerprint density at radius 2 is 1.36 bits per heavy atom. The van der Waals surface area contributed by atoms with Crippen LogP contribution in [0, 0.1) is 0 Å². The van der Waals surface area contributed by atoms with Gasteiger partial charge in [-0.3, -0.25) is 14.3 Å². The molecule has 12 heteroatoms. The van der Waals surface area contributed by atoms with Crippen molar-refractivity contribution in [3.63, 3.8) is 0 Å². The van der Waals surface area contributed by atoms with Crippen LogP contribution in [0.2, 0.25) is 5.02 Å². The molecule has 0 amide bonds. The van der Waals surface area contributed by atoms with Crippen LogP contribution in [0.3, 0.4) is 0 Å². The molecular formula is C30H23ClN2O9. The average molecular weight is 591 g/mol. The van der Waals surface area contributed by atoms with E-state index in [1.54, 1.807) is 48.5 Å². The molecular weight excluding hydrogens is 568 g/mol. The van der Waals surface area contributed by atoms with Gasteiger partial charge in [0, 0.05) is 17.3 Å². The van der Waals surface area contributed by atoms with Crippen molar-refractivity contribution in [3.05, 3.63) is 140 Å². The summed E-state index contributed by atoms with van der Waals surface area (Å²) in [6.07, 6.45) is -4.15. The van der Waals surface area contributed by atoms with Gasteiger partial charge >= 0.3 is 23.6 Å². The first-order chi connectivity index (χ1) is 20.3. The molecule has 0 spiro atoms. The Hall–Kier alpha value is -5.00. The first kappa shape index (κ1) is 28.5. The summed E-state index contributed by atoms with van der Waals surface area (Å²) in [5, 5.41) is 0.321. The smallest absolute Gasteiger partial charge is 0.338 e. The van der Waals surface area contributed by atoms with Crippen LogP contribution in [-0.4, -0.2) is 52.4 Å². The molecule has 4 atom stereocenters. The van der Waals surface area contributed by atoms with E-state index in [9.17, 15) is 24.0 Å². The van der Waals surface area contributed by atoms with Gasteiger partial charge in [0.2, 0.25) is 0 Å². The van der Waals surface area contributed by atoms with Gasteiger partial charge < -0.3 is 18.9 Å². The number of hydrogen-bond acceptors (Lipinski definition) is 9. The second-order valence-corrected chi connectivity index (χ2v) is 9.60. The van der Waals surface area contributed by atoms with E-state index in [1.807, 2.05) is 0 Å². The number of ether oxygens (including phenoxy) is 4. The molecule has 1 aliphatic rings. The van der Waals surface area contributed by atoms with Gasteiger partial charge in [0.25, 0.3) is 5.56 Å². The van der Waals surface area contributed by atoms with Gasteiger partial charge in [0.05, 0.1) is 16.7 Å². The molecule has 1 N–H and O–H groups in total. The standard InChI is InChI=1S/C30H23ClN2O9/c31-21-13-7-12-20(16-21)27(35)39-17-22-24(41-28(36)18-8-3-1-4-9-18)25(42-29(37)19-10-5-2-6-11-19)26(40-22)33-15-14-23(34)32-30(33)38/h1-16,22,24-26H,17H2,(H,32,34,38)/t22-,24?,25?,26-/m1/s1. The number of carbonyl (C=O) groups is 3. The molecule has 1 aliphatic heterocycles. The molecule has 0 saturated carbocycles. The van der Waals surface area contributed by atoms with Crippen molar-refractivity contribution in [2.24, 2.45) is 0 Å². The molecule has 42 heavy (non-hydrogen) atoms. The molecule has 0 radical (unpaired) electrons. The third kappa shape index (κ3) is 6.48. The fraction of sp³-hybridized carbons (Fsp3) is 0.167. The number of aromatic amines is 1. The van der Waals surface area contributed by atoms with Gasteiger partial charge in [-0.15, -0.1) is 0 Å². The summed E-state index contributed by atoms with van der Waals surface area (Å²) in [6, 6.07) is 23.3. The quantitative estimate of drug-likeness (QED) is 0.241. The van der Waals surface area contributed by atoms with E-state index in [0.717, 1.165) is 16.8 Å². The molecule has 214 valence electrons. The second kappa shape index (κ2) is 12.7. The van der Waals surface area contributed by atoms with Crippen molar-refractivity contribution in [3.8, 4) is 0 Å². The van der Waals surface area contributed by atoms with E-state index in [0.29, 0.717) is 5.02 Å². The van der Waals surface area contributed by atoms with Gasteiger partial charge in [0.1, 0.15) is 12.7 Å². The van der Waals surface area contributed by atoms with E-state index in [2.05, 4.69) is 4.98 Å². The van der Waals surface area contributed by atoms with E-state index in [4.69, 9.17) is 30.5 Å². The van der Waals surface area contributed by atoms with Crippen LogP contribution in [0.5, 0.6) is 0 Å². The van der Waals surface area contributed by atoms with Crippen LogP contribution in [-0.2, 0) is 18.9 Å². The van der Waals surface area contributed by atoms with Crippen LogP contribution >= 0.6 is 11.6 Å². The third-order valence-corrected chi connectivity index (χ3v) is 6.59. The number of esters is 3. The monoisotopic (exact) mass is 590 g/mol. The van der Waals surface area contributed by atoms with Gasteiger partial charge in [-0.1, -0.05) is 54.1 Å². The van der Waals surface area contributed by atoms with E-state index in [1.165, 1.54) is 36.4 Å². The van der Waals surface area contributed by atoms with Gasteiger partial charge in [-0.05, 0) is 42.5 Å². The van der Waals surface area contributed by atoms with Crippen LogP contribution in [0.4, 0.5) is 0 Å². The molecule has 5 rings (SSSR count). The molecule has 0 aliphatic carbocycles. The number of benzene rings is 3. The minimum Gasteiger partial charge on any atom is -0.459 e. The zero-order valence-corrected chi connectivity index (χ0v) is 22.5. The molecule has 0 bridgehead atoms. The predicted molar refractivity (Wildman–Crippen MR) is 148 cm³/mol. The number of halogens is 1. The van der Waals surface area contributed by atoms with Crippen molar-refractivity contribution in [1.29, 1.82) is 0 Å². The highest BCUT2D eigenvalue weighted by atomic mass is 35.5. The highest BCUT2D eigenvalue weighted by Crippen LogP contribution is 2.34. The summed E-state index contributed by atoms with van der Waals surface area (Å²) in [5.41, 5.74) is -0.970. The molecule has 1 saturated heterocycles. The number of nitrogens with one attached hydrogen (secondary N) is 1. The number of carbonyl (C=O) groups excluding carboxylic acids is 3. The van der Waals surface area contributed by atoms with Crippen LogP contribution < -0.4 is 11.2 Å². The van der Waals surface area contributed by atoms with Crippen LogP contribution in [0.15, 0.2) is 107 Å². The first-order valence-corrected chi connectivity index (χ1v) is 13.1. The third-order valence-electron chi connectivity index (χ3n) is 6.36. The van der Waals surface area contributed by atoms with Crippen molar-refractivity contribution < 1.29 is 33.3 Å². The first-order valence-electron chi connectivity index (χ1n) is 12.7. The fourth-order valence-electron chi connectivity index (χ4n) is 4.35. The lowest BCUT2D eigenvalue weighted by molar-refractivity contribution is -0.0640. The van der Waals surface area contributed by atoms with Crippen molar-refractivity contribution >= 4 is 29.5 Å².